The summed E-state index contributed by atoms with van der Waals surface area (Å²) in [6.45, 7) is 0.184. The number of rotatable bonds is 11. The fraction of sp³-hybridized carbons (Fsp3) is 0.231. The van der Waals surface area contributed by atoms with Crippen molar-refractivity contribution in [1.29, 1.82) is 0 Å². The van der Waals surface area contributed by atoms with E-state index in [4.69, 9.17) is 18.9 Å². The molecule has 0 spiro atoms. The fourth-order valence-electron chi connectivity index (χ4n) is 3.31. The lowest BCUT2D eigenvalue weighted by Gasteiger charge is -2.13. The predicted octanol–water partition coefficient (Wildman–Crippen LogP) is 3.70. The highest BCUT2D eigenvalue weighted by atomic mass is 16.5. The van der Waals surface area contributed by atoms with Crippen molar-refractivity contribution in [2.45, 2.75) is 6.42 Å². The zero-order chi connectivity index (χ0) is 24.3. The van der Waals surface area contributed by atoms with Crippen LogP contribution in [0.5, 0.6) is 23.0 Å². The highest BCUT2D eigenvalue weighted by molar-refractivity contribution is 6.04. The maximum Gasteiger partial charge on any atom is 0.262 e. The van der Waals surface area contributed by atoms with Gasteiger partial charge in [0.05, 0.1) is 32.6 Å². The number of hydrogen-bond donors (Lipinski definition) is 2. The molecule has 3 aromatic carbocycles. The Balaban J connectivity index is 1.56. The van der Waals surface area contributed by atoms with Crippen molar-refractivity contribution in [1.82, 2.24) is 5.32 Å². The number of ether oxygens (including phenoxy) is 4. The van der Waals surface area contributed by atoms with Gasteiger partial charge in [-0.25, -0.2) is 0 Å². The smallest absolute Gasteiger partial charge is 0.262 e. The SMILES string of the molecule is COc1ccc(CCNC(=O)c2ccccc2NC(=O)COc2ccccc2OC)cc1OC. The van der Waals surface area contributed by atoms with E-state index >= 15 is 0 Å². The van der Waals surface area contributed by atoms with E-state index in [1.807, 2.05) is 24.3 Å². The van der Waals surface area contributed by atoms with Gasteiger partial charge >= 0.3 is 0 Å². The first kappa shape index (κ1) is 24.4. The molecule has 3 aromatic rings. The lowest BCUT2D eigenvalue weighted by Crippen LogP contribution is -2.28. The zero-order valence-electron chi connectivity index (χ0n) is 19.4. The molecule has 0 aliphatic rings. The lowest BCUT2D eigenvalue weighted by molar-refractivity contribution is -0.118. The minimum Gasteiger partial charge on any atom is -0.493 e. The molecule has 0 atom stereocenters. The van der Waals surface area contributed by atoms with Gasteiger partial charge in [-0.2, -0.15) is 0 Å². The largest absolute Gasteiger partial charge is 0.493 e. The molecule has 2 amide bonds. The van der Waals surface area contributed by atoms with Crippen LogP contribution < -0.4 is 29.6 Å². The van der Waals surface area contributed by atoms with Gasteiger partial charge in [-0.3, -0.25) is 9.59 Å². The number of carbonyl (C=O) groups excluding carboxylic acids is 2. The van der Waals surface area contributed by atoms with Gasteiger partial charge in [-0.1, -0.05) is 30.3 Å². The van der Waals surface area contributed by atoms with Crippen LogP contribution in [0.3, 0.4) is 0 Å². The number of para-hydroxylation sites is 3. The van der Waals surface area contributed by atoms with Crippen LogP contribution in [0.25, 0.3) is 0 Å². The van der Waals surface area contributed by atoms with Crippen molar-refractivity contribution in [3.8, 4) is 23.0 Å². The van der Waals surface area contributed by atoms with Gasteiger partial charge in [0.25, 0.3) is 11.8 Å². The number of methoxy groups -OCH3 is 3. The van der Waals surface area contributed by atoms with Crippen molar-refractivity contribution in [3.63, 3.8) is 0 Å². The fourth-order valence-corrected chi connectivity index (χ4v) is 3.31. The molecule has 3 rings (SSSR count). The molecule has 0 heterocycles. The normalized spacial score (nSPS) is 10.2. The lowest BCUT2D eigenvalue weighted by atomic mass is 10.1. The Morgan fingerprint density at radius 1 is 0.765 bits per heavy atom. The standard InChI is InChI=1S/C26H28N2O6/c1-31-21-10-6-7-11-23(21)34-17-25(29)28-20-9-5-4-8-19(20)26(30)27-15-14-18-12-13-22(32-2)24(16-18)33-3/h4-13,16H,14-15,17H2,1-3H3,(H,27,30)(H,28,29). The van der Waals surface area contributed by atoms with Gasteiger partial charge in [0.15, 0.2) is 29.6 Å². The molecule has 0 saturated heterocycles. The Morgan fingerprint density at radius 2 is 1.41 bits per heavy atom. The molecule has 2 N–H and O–H groups in total. The van der Waals surface area contributed by atoms with Crippen LogP contribution in [0.15, 0.2) is 66.7 Å². The van der Waals surface area contributed by atoms with Crippen LogP contribution >= 0.6 is 0 Å². The third-order valence-corrected chi connectivity index (χ3v) is 5.02. The molecular formula is C26H28N2O6. The topological polar surface area (TPSA) is 95.1 Å². The van der Waals surface area contributed by atoms with Crippen LogP contribution in [0.2, 0.25) is 0 Å². The maximum absolute atomic E-state index is 12.8. The van der Waals surface area contributed by atoms with Gasteiger partial charge in [0.1, 0.15) is 0 Å². The summed E-state index contributed by atoms with van der Waals surface area (Å²) >= 11 is 0. The first-order valence-electron chi connectivity index (χ1n) is 10.7. The van der Waals surface area contributed by atoms with Crippen LogP contribution in [0, 0.1) is 0 Å². The molecule has 0 aliphatic carbocycles. The van der Waals surface area contributed by atoms with Gasteiger partial charge in [-0.15, -0.1) is 0 Å². The van der Waals surface area contributed by atoms with Crippen LogP contribution in [0.1, 0.15) is 15.9 Å². The minimum atomic E-state index is -0.392. The van der Waals surface area contributed by atoms with Crippen LogP contribution in [0.4, 0.5) is 5.69 Å². The molecule has 8 nitrogen and oxygen atoms in total. The average Bonchev–Trinajstić information content (AvgIpc) is 2.87. The summed E-state index contributed by atoms with van der Waals surface area (Å²) < 4.78 is 21.3. The highest BCUT2D eigenvalue weighted by Crippen LogP contribution is 2.28. The number of benzene rings is 3. The summed E-state index contributed by atoms with van der Waals surface area (Å²) in [7, 11) is 4.69. The van der Waals surface area contributed by atoms with E-state index in [0.717, 1.165) is 5.56 Å². The third-order valence-electron chi connectivity index (χ3n) is 5.02. The van der Waals surface area contributed by atoms with E-state index in [2.05, 4.69) is 10.6 Å². The van der Waals surface area contributed by atoms with E-state index in [9.17, 15) is 9.59 Å². The summed E-state index contributed by atoms with van der Waals surface area (Å²) in [6, 6.07) is 19.5. The van der Waals surface area contributed by atoms with E-state index in [1.165, 1.54) is 7.11 Å². The molecule has 0 bridgehead atoms. The van der Waals surface area contributed by atoms with Crippen molar-refractivity contribution in [2.75, 3.05) is 39.8 Å². The van der Waals surface area contributed by atoms with E-state index < -0.39 is 5.91 Å². The van der Waals surface area contributed by atoms with Crippen LogP contribution in [-0.4, -0.2) is 46.3 Å². The maximum atomic E-state index is 12.8. The molecular weight excluding hydrogens is 436 g/mol. The van der Waals surface area contributed by atoms with Gasteiger partial charge in [-0.05, 0) is 48.4 Å². The third kappa shape index (κ3) is 6.41. The summed E-state index contributed by atoms with van der Waals surface area (Å²) in [4.78, 5) is 25.2. The quantitative estimate of drug-likeness (QED) is 0.449. The molecule has 0 saturated carbocycles. The summed E-state index contributed by atoms with van der Waals surface area (Å²) in [5.74, 6) is 1.59. The van der Waals surface area contributed by atoms with Crippen molar-refractivity contribution < 1.29 is 28.5 Å². The van der Waals surface area contributed by atoms with Gasteiger partial charge in [0.2, 0.25) is 0 Å². The molecule has 8 heteroatoms. The molecule has 0 radical (unpaired) electrons. The molecule has 0 fully saturated rings. The Labute approximate surface area is 198 Å². The Bertz CT molecular complexity index is 1130. The first-order valence-corrected chi connectivity index (χ1v) is 10.7. The minimum absolute atomic E-state index is 0.227. The van der Waals surface area contributed by atoms with Crippen molar-refractivity contribution >= 4 is 17.5 Å². The van der Waals surface area contributed by atoms with Gasteiger partial charge in [0, 0.05) is 6.54 Å². The van der Waals surface area contributed by atoms with E-state index in [-0.39, 0.29) is 12.5 Å². The second kappa shape index (κ2) is 12.2. The second-order valence-corrected chi connectivity index (χ2v) is 7.23. The number of hydrogen-bond acceptors (Lipinski definition) is 6. The molecule has 0 unspecified atom stereocenters. The van der Waals surface area contributed by atoms with E-state index in [0.29, 0.717) is 47.2 Å². The molecule has 0 aliphatic heterocycles. The number of amides is 2. The molecule has 34 heavy (non-hydrogen) atoms. The summed E-state index contributed by atoms with van der Waals surface area (Å²) in [5, 5.41) is 5.63. The molecule has 178 valence electrons. The number of nitrogens with one attached hydrogen (secondary N) is 2. The zero-order valence-corrected chi connectivity index (χ0v) is 19.4. The second-order valence-electron chi connectivity index (χ2n) is 7.23. The Morgan fingerprint density at radius 3 is 2.15 bits per heavy atom. The number of anilines is 1. The average molecular weight is 465 g/mol. The number of carbonyl (C=O) groups is 2. The van der Waals surface area contributed by atoms with Gasteiger partial charge < -0.3 is 29.6 Å². The monoisotopic (exact) mass is 464 g/mol. The molecule has 0 aromatic heterocycles. The Hall–Kier alpha value is -4.20. The van der Waals surface area contributed by atoms with Crippen molar-refractivity contribution in [3.05, 3.63) is 77.9 Å². The van der Waals surface area contributed by atoms with Crippen molar-refractivity contribution in [2.24, 2.45) is 0 Å². The summed E-state index contributed by atoms with van der Waals surface area (Å²) in [5.41, 5.74) is 1.76. The van der Waals surface area contributed by atoms with Crippen LogP contribution in [-0.2, 0) is 11.2 Å². The first-order chi connectivity index (χ1) is 16.5. The Kier molecular flexibility index (Phi) is 8.73. The van der Waals surface area contributed by atoms with E-state index in [1.54, 1.807) is 56.7 Å². The highest BCUT2D eigenvalue weighted by Gasteiger charge is 2.14. The summed E-state index contributed by atoms with van der Waals surface area (Å²) in [6.07, 6.45) is 0.605. The predicted molar refractivity (Wildman–Crippen MR) is 129 cm³/mol.